The maximum atomic E-state index is 14.6. The minimum atomic E-state index is -0.498. The van der Waals surface area contributed by atoms with Gasteiger partial charge >= 0.3 is 6.09 Å². The number of hydrogen-bond acceptors (Lipinski definition) is 4. The van der Waals surface area contributed by atoms with Crippen LogP contribution in [0.5, 0.6) is 0 Å². The summed E-state index contributed by atoms with van der Waals surface area (Å²) >= 11 is 1.95. The van der Waals surface area contributed by atoms with Crippen LogP contribution in [-0.2, 0) is 9.53 Å². The molecule has 0 spiro atoms. The number of cyclic esters (lactones) is 1. The lowest BCUT2D eigenvalue weighted by atomic mass is 10.1. The predicted molar refractivity (Wildman–Crippen MR) is 94.4 cm³/mol. The van der Waals surface area contributed by atoms with Gasteiger partial charge in [-0.05, 0) is 47.0 Å². The number of carbonyl (C=O) groups excluding carboxylic acids is 2. The van der Waals surface area contributed by atoms with Crippen molar-refractivity contribution < 1.29 is 18.7 Å². The minimum Gasteiger partial charge on any atom is -0.442 e. The van der Waals surface area contributed by atoms with E-state index in [1.807, 2.05) is 17.8 Å². The second-order valence-electron chi connectivity index (χ2n) is 6.87. The van der Waals surface area contributed by atoms with Crippen molar-refractivity contribution in [2.24, 2.45) is 11.8 Å². The van der Waals surface area contributed by atoms with Crippen LogP contribution < -0.4 is 10.2 Å². The van der Waals surface area contributed by atoms with Gasteiger partial charge in [-0.2, -0.15) is 11.8 Å². The summed E-state index contributed by atoms with van der Waals surface area (Å²) in [6.45, 7) is 2.35. The highest BCUT2D eigenvalue weighted by molar-refractivity contribution is 7.99. The minimum absolute atomic E-state index is 0.0851. The number of hydrogen-bond donors (Lipinski definition) is 1. The first-order valence-electron chi connectivity index (χ1n) is 8.70. The molecule has 2 aliphatic heterocycles. The van der Waals surface area contributed by atoms with Gasteiger partial charge in [-0.15, -0.1) is 0 Å². The third-order valence-electron chi connectivity index (χ3n) is 5.33. The molecule has 3 fully saturated rings. The summed E-state index contributed by atoms with van der Waals surface area (Å²) in [7, 11) is 0. The number of amides is 2. The summed E-state index contributed by atoms with van der Waals surface area (Å²) in [5.41, 5.74) is 1.29. The van der Waals surface area contributed by atoms with E-state index >= 15 is 0 Å². The molecule has 0 aromatic heterocycles. The Morgan fingerprint density at radius 3 is 2.84 bits per heavy atom. The van der Waals surface area contributed by atoms with Gasteiger partial charge in [-0.1, -0.05) is 13.0 Å². The van der Waals surface area contributed by atoms with Crippen LogP contribution >= 0.6 is 11.8 Å². The smallest absolute Gasteiger partial charge is 0.414 e. The Morgan fingerprint density at radius 1 is 1.40 bits per heavy atom. The van der Waals surface area contributed by atoms with Gasteiger partial charge in [0.05, 0.1) is 18.8 Å². The number of rotatable bonds is 5. The van der Waals surface area contributed by atoms with Gasteiger partial charge < -0.3 is 10.1 Å². The number of fused-ring (bicyclic) bond motifs is 1. The molecule has 0 bridgehead atoms. The number of carbonyl (C=O) groups is 2. The highest BCUT2D eigenvalue weighted by Crippen LogP contribution is 2.61. The van der Waals surface area contributed by atoms with E-state index in [4.69, 9.17) is 4.74 Å². The summed E-state index contributed by atoms with van der Waals surface area (Å²) in [6, 6.07) is 5.05. The van der Waals surface area contributed by atoms with Gasteiger partial charge in [0.25, 0.3) is 0 Å². The molecule has 1 aromatic rings. The molecule has 3 aliphatic rings. The topological polar surface area (TPSA) is 58.6 Å². The zero-order chi connectivity index (χ0) is 17.6. The number of benzene rings is 1. The average molecular weight is 364 g/mol. The predicted octanol–water partition coefficient (Wildman–Crippen LogP) is 2.75. The molecule has 1 aliphatic carbocycles. The highest BCUT2D eigenvalue weighted by atomic mass is 32.2. The van der Waals surface area contributed by atoms with Gasteiger partial charge in [-0.3, -0.25) is 9.69 Å². The maximum Gasteiger partial charge on any atom is 0.414 e. The number of ether oxygens (including phenoxy) is 1. The Morgan fingerprint density at radius 2 is 2.16 bits per heavy atom. The molecule has 0 radical (unpaired) electrons. The lowest BCUT2D eigenvalue weighted by Crippen LogP contribution is -2.34. The quantitative estimate of drug-likeness (QED) is 0.873. The van der Waals surface area contributed by atoms with Gasteiger partial charge in [0.2, 0.25) is 5.91 Å². The van der Waals surface area contributed by atoms with Crippen LogP contribution in [-0.4, -0.2) is 42.7 Å². The third kappa shape index (κ3) is 3.10. The first-order chi connectivity index (χ1) is 12.1. The number of nitrogens with zero attached hydrogens (tertiary/aromatic N) is 1. The van der Waals surface area contributed by atoms with Crippen molar-refractivity contribution in [3.05, 3.63) is 29.6 Å². The fraction of sp³-hybridized carbons (Fsp3) is 0.556. The number of halogens is 1. The van der Waals surface area contributed by atoms with E-state index in [1.165, 1.54) is 11.0 Å². The number of nitrogens with one attached hydrogen (secondary N) is 1. The SMILES string of the molecule is CCC(=O)NC[C@H]1CN(c2ccc([C@H]3[C@@H]4CSC[C@@H]43)c(F)c2)C(=O)O1. The van der Waals surface area contributed by atoms with Crippen LogP contribution in [0.2, 0.25) is 0 Å². The molecule has 1 aromatic carbocycles. The lowest BCUT2D eigenvalue weighted by Gasteiger charge is -2.15. The molecule has 2 heterocycles. The third-order valence-corrected chi connectivity index (χ3v) is 6.57. The Hall–Kier alpha value is -1.76. The van der Waals surface area contributed by atoms with Crippen LogP contribution in [0.1, 0.15) is 24.8 Å². The van der Waals surface area contributed by atoms with Crippen molar-refractivity contribution in [1.29, 1.82) is 0 Å². The Labute approximate surface area is 150 Å². The first-order valence-corrected chi connectivity index (χ1v) is 9.86. The van der Waals surface area contributed by atoms with E-state index in [0.29, 0.717) is 36.4 Å². The molecular formula is C18H21FN2O3S. The van der Waals surface area contributed by atoms with Gasteiger partial charge in [-0.25, -0.2) is 9.18 Å². The Bertz CT molecular complexity index is 704. The Kier molecular flexibility index (Phi) is 4.35. The van der Waals surface area contributed by atoms with Crippen molar-refractivity contribution >= 4 is 29.4 Å². The van der Waals surface area contributed by atoms with Crippen LogP contribution in [0.4, 0.5) is 14.9 Å². The van der Waals surface area contributed by atoms with E-state index in [9.17, 15) is 14.0 Å². The second kappa shape index (κ2) is 6.52. The zero-order valence-corrected chi connectivity index (χ0v) is 14.9. The molecule has 7 heteroatoms. The molecule has 2 amide bonds. The maximum absolute atomic E-state index is 14.6. The van der Waals surface area contributed by atoms with Crippen molar-refractivity contribution in [2.45, 2.75) is 25.4 Å². The summed E-state index contributed by atoms with van der Waals surface area (Å²) in [4.78, 5) is 24.8. The first kappa shape index (κ1) is 16.7. The van der Waals surface area contributed by atoms with Crippen molar-refractivity contribution in [1.82, 2.24) is 5.32 Å². The molecule has 1 saturated carbocycles. The van der Waals surface area contributed by atoms with Crippen molar-refractivity contribution in [3.63, 3.8) is 0 Å². The van der Waals surface area contributed by atoms with E-state index in [-0.39, 0.29) is 18.3 Å². The monoisotopic (exact) mass is 364 g/mol. The summed E-state index contributed by atoms with van der Waals surface area (Å²) < 4.78 is 19.8. The van der Waals surface area contributed by atoms with Crippen LogP contribution in [0.15, 0.2) is 18.2 Å². The molecule has 1 N–H and O–H groups in total. The lowest BCUT2D eigenvalue weighted by molar-refractivity contribution is -0.121. The Balaban J connectivity index is 1.42. The molecule has 134 valence electrons. The average Bonchev–Trinajstić information content (AvgIpc) is 2.95. The molecular weight excluding hydrogens is 343 g/mol. The fourth-order valence-corrected chi connectivity index (χ4v) is 5.44. The van der Waals surface area contributed by atoms with Crippen molar-refractivity contribution in [2.75, 3.05) is 29.5 Å². The fourth-order valence-electron chi connectivity index (χ4n) is 3.85. The number of thioether (sulfide) groups is 1. The normalized spacial score (nSPS) is 30.2. The van der Waals surface area contributed by atoms with Crippen LogP contribution in [0.3, 0.4) is 0 Å². The summed E-state index contributed by atoms with van der Waals surface area (Å²) in [5, 5.41) is 2.71. The standard InChI is InChI=1S/C18H21FN2O3S/c1-2-16(22)20-6-11-7-21(18(23)24-11)10-3-4-12(15(19)5-10)17-13-8-25-9-14(13)17/h3-5,11,13-14,17H,2,6-9H2,1H3,(H,20,22)/t11-,13-,14+,17+/m0/s1. The molecule has 4 rings (SSSR count). The van der Waals surface area contributed by atoms with E-state index in [0.717, 1.165) is 17.1 Å². The van der Waals surface area contributed by atoms with Crippen LogP contribution in [0.25, 0.3) is 0 Å². The number of anilines is 1. The van der Waals surface area contributed by atoms with Gasteiger partial charge in [0.15, 0.2) is 0 Å². The molecule has 2 saturated heterocycles. The van der Waals surface area contributed by atoms with E-state index < -0.39 is 12.2 Å². The molecule has 4 atom stereocenters. The molecule has 25 heavy (non-hydrogen) atoms. The van der Waals surface area contributed by atoms with E-state index in [2.05, 4.69) is 5.32 Å². The summed E-state index contributed by atoms with van der Waals surface area (Å²) in [6.07, 6.45) is -0.522. The summed E-state index contributed by atoms with van der Waals surface area (Å²) in [5.74, 6) is 3.51. The van der Waals surface area contributed by atoms with Gasteiger partial charge in [0.1, 0.15) is 11.9 Å². The molecule has 0 unspecified atom stereocenters. The largest absolute Gasteiger partial charge is 0.442 e. The van der Waals surface area contributed by atoms with Crippen molar-refractivity contribution in [3.8, 4) is 0 Å². The zero-order valence-electron chi connectivity index (χ0n) is 14.0. The van der Waals surface area contributed by atoms with E-state index in [1.54, 1.807) is 13.0 Å². The second-order valence-corrected chi connectivity index (χ2v) is 7.95. The van der Waals surface area contributed by atoms with Gasteiger partial charge in [0, 0.05) is 6.42 Å². The molecule has 5 nitrogen and oxygen atoms in total. The highest BCUT2D eigenvalue weighted by Gasteiger charge is 2.54. The van der Waals surface area contributed by atoms with Crippen LogP contribution in [0, 0.1) is 17.7 Å².